The molecular formula is C17H36O2. The SMILES string of the molecule is CC.CC(C)CC1CC1.CCCC(CC)OC(C)=O. The summed E-state index contributed by atoms with van der Waals surface area (Å²) in [5.41, 5.74) is 0. The number of carbonyl (C=O) groups is 1. The summed E-state index contributed by atoms with van der Waals surface area (Å²) in [5, 5.41) is 0. The highest BCUT2D eigenvalue weighted by Crippen LogP contribution is 2.34. The average Bonchev–Trinajstić information content (AvgIpc) is 3.14. The first-order valence-electron chi connectivity index (χ1n) is 8.16. The summed E-state index contributed by atoms with van der Waals surface area (Å²) in [7, 11) is 0. The van der Waals surface area contributed by atoms with Crippen molar-refractivity contribution in [1.29, 1.82) is 0 Å². The van der Waals surface area contributed by atoms with Gasteiger partial charge in [-0.2, -0.15) is 0 Å². The highest BCUT2D eigenvalue weighted by atomic mass is 16.5. The number of hydrogen-bond acceptors (Lipinski definition) is 2. The van der Waals surface area contributed by atoms with Gasteiger partial charge in [0.15, 0.2) is 0 Å². The van der Waals surface area contributed by atoms with E-state index in [2.05, 4.69) is 20.8 Å². The Balaban J connectivity index is 0. The van der Waals surface area contributed by atoms with Gasteiger partial charge < -0.3 is 4.74 Å². The van der Waals surface area contributed by atoms with Crippen molar-refractivity contribution in [2.45, 2.75) is 93.1 Å². The van der Waals surface area contributed by atoms with Gasteiger partial charge in [0.25, 0.3) is 0 Å². The Morgan fingerprint density at radius 1 is 1.21 bits per heavy atom. The van der Waals surface area contributed by atoms with Crippen LogP contribution in [-0.2, 0) is 9.53 Å². The Morgan fingerprint density at radius 3 is 1.95 bits per heavy atom. The van der Waals surface area contributed by atoms with E-state index in [0.29, 0.717) is 0 Å². The predicted molar refractivity (Wildman–Crippen MR) is 84.3 cm³/mol. The highest BCUT2D eigenvalue weighted by molar-refractivity contribution is 5.66. The topological polar surface area (TPSA) is 26.3 Å². The Kier molecular flexibility index (Phi) is 15.2. The van der Waals surface area contributed by atoms with E-state index in [0.717, 1.165) is 31.1 Å². The minimum absolute atomic E-state index is 0.141. The summed E-state index contributed by atoms with van der Waals surface area (Å²) in [5.74, 6) is 1.90. The molecule has 0 aromatic carbocycles. The molecule has 0 bridgehead atoms. The molecule has 0 radical (unpaired) electrons. The molecule has 0 N–H and O–H groups in total. The molecule has 0 aromatic heterocycles. The van der Waals surface area contributed by atoms with Gasteiger partial charge in [0, 0.05) is 6.92 Å². The molecule has 1 aliphatic rings. The van der Waals surface area contributed by atoms with Gasteiger partial charge in [-0.25, -0.2) is 0 Å². The Labute approximate surface area is 121 Å². The Morgan fingerprint density at radius 2 is 1.74 bits per heavy atom. The number of rotatable bonds is 6. The molecule has 0 amide bonds. The first kappa shape index (κ1) is 20.8. The fraction of sp³-hybridized carbons (Fsp3) is 0.941. The number of carbonyl (C=O) groups excluding carboxylic acids is 1. The van der Waals surface area contributed by atoms with Crippen molar-refractivity contribution in [3.8, 4) is 0 Å². The molecule has 1 fully saturated rings. The van der Waals surface area contributed by atoms with Gasteiger partial charge in [0.1, 0.15) is 6.10 Å². The second-order valence-electron chi connectivity index (χ2n) is 5.50. The average molecular weight is 272 g/mol. The number of hydrogen-bond donors (Lipinski definition) is 0. The summed E-state index contributed by atoms with van der Waals surface area (Å²) < 4.78 is 5.00. The lowest BCUT2D eigenvalue weighted by molar-refractivity contribution is -0.146. The monoisotopic (exact) mass is 272 g/mol. The zero-order valence-electron chi connectivity index (χ0n) is 14.3. The Bertz CT molecular complexity index is 195. The molecule has 0 aliphatic heterocycles. The fourth-order valence-electron chi connectivity index (χ4n) is 1.92. The molecule has 116 valence electrons. The summed E-state index contributed by atoms with van der Waals surface area (Å²) in [4.78, 5) is 10.5. The van der Waals surface area contributed by atoms with Crippen LogP contribution in [0.1, 0.15) is 87.0 Å². The van der Waals surface area contributed by atoms with Crippen LogP contribution >= 0.6 is 0 Å². The molecule has 19 heavy (non-hydrogen) atoms. The van der Waals surface area contributed by atoms with Gasteiger partial charge in [-0.15, -0.1) is 0 Å². The molecule has 1 aliphatic carbocycles. The smallest absolute Gasteiger partial charge is 0.302 e. The van der Waals surface area contributed by atoms with Crippen molar-refractivity contribution in [3.05, 3.63) is 0 Å². The molecule has 1 atom stereocenters. The quantitative estimate of drug-likeness (QED) is 0.588. The van der Waals surface area contributed by atoms with Gasteiger partial charge in [0.2, 0.25) is 0 Å². The second-order valence-corrected chi connectivity index (χ2v) is 5.50. The largest absolute Gasteiger partial charge is 0.463 e. The molecule has 0 saturated heterocycles. The number of esters is 1. The van der Waals surface area contributed by atoms with Crippen LogP contribution in [0.25, 0.3) is 0 Å². The van der Waals surface area contributed by atoms with E-state index in [-0.39, 0.29) is 12.1 Å². The third-order valence-corrected chi connectivity index (χ3v) is 2.90. The maximum atomic E-state index is 10.5. The third kappa shape index (κ3) is 17.5. The third-order valence-electron chi connectivity index (χ3n) is 2.90. The standard InChI is InChI=1S/C8H16O2.C7H14.C2H6/c1-4-6-8(5-2)10-7(3)9;1-6(2)5-7-3-4-7;1-2/h8H,4-6H2,1-3H3;6-7H,3-5H2,1-2H3;1-2H3. The van der Waals surface area contributed by atoms with Crippen molar-refractivity contribution in [3.63, 3.8) is 0 Å². The molecule has 1 unspecified atom stereocenters. The van der Waals surface area contributed by atoms with Crippen LogP contribution in [0.4, 0.5) is 0 Å². The molecule has 1 rings (SSSR count). The molecule has 2 heteroatoms. The lowest BCUT2D eigenvalue weighted by Crippen LogP contribution is -2.14. The first-order valence-corrected chi connectivity index (χ1v) is 8.16. The normalized spacial score (nSPS) is 14.7. The van der Waals surface area contributed by atoms with E-state index in [9.17, 15) is 4.79 Å². The lowest BCUT2D eigenvalue weighted by atomic mass is 10.1. The van der Waals surface area contributed by atoms with E-state index < -0.39 is 0 Å². The van der Waals surface area contributed by atoms with Crippen LogP contribution in [0.2, 0.25) is 0 Å². The molecule has 2 nitrogen and oxygen atoms in total. The minimum Gasteiger partial charge on any atom is -0.463 e. The molecule has 0 spiro atoms. The molecule has 0 heterocycles. The number of ether oxygens (including phenoxy) is 1. The summed E-state index contributed by atoms with van der Waals surface area (Å²) in [6.07, 6.45) is 7.62. The van der Waals surface area contributed by atoms with Gasteiger partial charge in [-0.3, -0.25) is 4.79 Å². The van der Waals surface area contributed by atoms with Crippen LogP contribution in [0, 0.1) is 11.8 Å². The van der Waals surface area contributed by atoms with Crippen molar-refractivity contribution in [1.82, 2.24) is 0 Å². The van der Waals surface area contributed by atoms with Crippen LogP contribution in [-0.4, -0.2) is 12.1 Å². The summed E-state index contributed by atoms with van der Waals surface area (Å²) in [6, 6.07) is 0. The zero-order chi connectivity index (χ0) is 15.3. The van der Waals surface area contributed by atoms with Crippen LogP contribution in [0.3, 0.4) is 0 Å². The summed E-state index contributed by atoms with van der Waals surface area (Å²) in [6.45, 7) is 14.2. The van der Waals surface area contributed by atoms with E-state index in [4.69, 9.17) is 4.74 Å². The van der Waals surface area contributed by atoms with Crippen LogP contribution in [0.15, 0.2) is 0 Å². The molecular weight excluding hydrogens is 236 g/mol. The molecule has 1 saturated carbocycles. The first-order chi connectivity index (χ1) is 8.99. The van der Waals surface area contributed by atoms with Gasteiger partial charge in [0.05, 0.1) is 0 Å². The lowest BCUT2D eigenvalue weighted by Gasteiger charge is -2.12. The van der Waals surface area contributed by atoms with Crippen molar-refractivity contribution in [2.24, 2.45) is 11.8 Å². The summed E-state index contributed by atoms with van der Waals surface area (Å²) >= 11 is 0. The second kappa shape index (κ2) is 13.9. The molecule has 0 aromatic rings. The van der Waals surface area contributed by atoms with E-state index in [1.54, 1.807) is 0 Å². The van der Waals surface area contributed by atoms with Crippen molar-refractivity contribution in [2.75, 3.05) is 0 Å². The maximum absolute atomic E-state index is 10.5. The van der Waals surface area contributed by atoms with Gasteiger partial charge >= 0.3 is 5.97 Å². The van der Waals surface area contributed by atoms with E-state index in [1.807, 2.05) is 20.8 Å². The minimum atomic E-state index is -0.166. The van der Waals surface area contributed by atoms with E-state index >= 15 is 0 Å². The highest BCUT2D eigenvalue weighted by Gasteiger charge is 2.21. The fourth-order valence-corrected chi connectivity index (χ4v) is 1.92. The van der Waals surface area contributed by atoms with E-state index in [1.165, 1.54) is 26.2 Å². The van der Waals surface area contributed by atoms with Crippen molar-refractivity contribution < 1.29 is 9.53 Å². The predicted octanol–water partition coefficient (Wildman–Crippen LogP) is 5.60. The van der Waals surface area contributed by atoms with Crippen molar-refractivity contribution >= 4 is 5.97 Å². The van der Waals surface area contributed by atoms with Crippen LogP contribution in [0.5, 0.6) is 0 Å². The zero-order valence-corrected chi connectivity index (χ0v) is 14.3. The van der Waals surface area contributed by atoms with Gasteiger partial charge in [-0.05, 0) is 31.1 Å². The Hall–Kier alpha value is -0.530. The maximum Gasteiger partial charge on any atom is 0.302 e. The van der Waals surface area contributed by atoms with Crippen LogP contribution < -0.4 is 0 Å². The van der Waals surface area contributed by atoms with Gasteiger partial charge in [-0.1, -0.05) is 60.8 Å².